The topological polar surface area (TPSA) is 132 Å². The molecular weight excluding hydrogens is 406 g/mol. The van der Waals surface area contributed by atoms with Gasteiger partial charge in [-0.1, -0.05) is 5.16 Å². The van der Waals surface area contributed by atoms with Gasteiger partial charge in [0.25, 0.3) is 0 Å². The van der Waals surface area contributed by atoms with Crippen molar-refractivity contribution in [3.05, 3.63) is 59.4 Å². The number of aryl methyl sites for hydroxylation is 2. The second kappa shape index (κ2) is 8.11. The molecule has 160 valence electrons. The van der Waals surface area contributed by atoms with Crippen molar-refractivity contribution in [3.63, 3.8) is 0 Å². The van der Waals surface area contributed by atoms with Crippen LogP contribution in [0.5, 0.6) is 0 Å². The molecule has 1 saturated heterocycles. The average Bonchev–Trinajstić information content (AvgIpc) is 3.54. The van der Waals surface area contributed by atoms with Gasteiger partial charge in [-0.05, 0) is 38.8 Å². The van der Waals surface area contributed by atoms with Crippen LogP contribution in [-0.4, -0.2) is 36.9 Å². The lowest BCUT2D eigenvalue weighted by molar-refractivity contribution is 0.362. The van der Waals surface area contributed by atoms with Gasteiger partial charge in [0.05, 0.1) is 6.04 Å². The molecule has 4 aromatic rings. The number of nitrogens with zero attached hydrogens (tertiary/aromatic N) is 7. The van der Waals surface area contributed by atoms with E-state index in [2.05, 4.69) is 41.6 Å². The Balaban J connectivity index is 1.43. The van der Waals surface area contributed by atoms with Crippen LogP contribution >= 0.6 is 0 Å². The van der Waals surface area contributed by atoms with Crippen molar-refractivity contribution in [1.29, 1.82) is 5.26 Å². The molecule has 0 spiro atoms. The number of H-pyrrole nitrogens is 1. The number of hydrogen-bond acceptors (Lipinski definition) is 9. The normalized spacial score (nSPS) is 15.7. The molecule has 0 saturated carbocycles. The Hall–Kier alpha value is -4.26. The largest absolute Gasteiger partial charge is 0.359 e. The van der Waals surface area contributed by atoms with Crippen molar-refractivity contribution < 1.29 is 4.52 Å². The van der Waals surface area contributed by atoms with Crippen molar-refractivity contribution in [3.8, 4) is 17.3 Å². The Bertz CT molecular complexity index is 1300. The fourth-order valence-corrected chi connectivity index (χ4v) is 3.93. The van der Waals surface area contributed by atoms with E-state index in [9.17, 15) is 5.26 Å². The maximum atomic E-state index is 9.34. The van der Waals surface area contributed by atoms with E-state index in [1.165, 1.54) is 0 Å². The lowest BCUT2D eigenvalue weighted by Gasteiger charge is -2.23. The van der Waals surface area contributed by atoms with Crippen LogP contribution in [0, 0.1) is 25.2 Å². The third kappa shape index (κ3) is 3.76. The first-order valence-corrected chi connectivity index (χ1v) is 10.3. The van der Waals surface area contributed by atoms with Crippen molar-refractivity contribution in [2.24, 2.45) is 0 Å². The van der Waals surface area contributed by atoms with E-state index in [0.29, 0.717) is 40.3 Å². The number of aromatic amines is 1. The van der Waals surface area contributed by atoms with Gasteiger partial charge >= 0.3 is 0 Å². The molecule has 0 bridgehead atoms. The Morgan fingerprint density at radius 2 is 2.12 bits per heavy atom. The zero-order chi connectivity index (χ0) is 22.1. The van der Waals surface area contributed by atoms with Gasteiger partial charge in [-0.2, -0.15) is 15.3 Å². The summed E-state index contributed by atoms with van der Waals surface area (Å²) in [7, 11) is 0. The van der Waals surface area contributed by atoms with E-state index < -0.39 is 0 Å². The molecule has 1 aliphatic heterocycles. The minimum atomic E-state index is -0.0410. The quantitative estimate of drug-likeness (QED) is 0.487. The first kappa shape index (κ1) is 19.7. The van der Waals surface area contributed by atoms with Gasteiger partial charge in [0, 0.05) is 47.9 Å². The molecule has 4 aromatic heterocycles. The van der Waals surface area contributed by atoms with Crippen LogP contribution in [0.4, 0.5) is 17.6 Å². The minimum Gasteiger partial charge on any atom is -0.359 e. The summed E-state index contributed by atoms with van der Waals surface area (Å²) in [6.07, 6.45) is 3.47. The highest BCUT2D eigenvalue weighted by Crippen LogP contribution is 2.37. The van der Waals surface area contributed by atoms with Crippen LogP contribution in [0.15, 0.2) is 41.1 Å². The molecule has 1 atom stereocenters. The summed E-state index contributed by atoms with van der Waals surface area (Å²) in [6, 6.07) is 11.3. The fraction of sp³-hybridized carbons (Fsp3) is 0.273. The molecular formula is C22H21N9O. The number of aromatic nitrogens is 6. The molecule has 5 rings (SSSR count). The van der Waals surface area contributed by atoms with Gasteiger partial charge in [0.15, 0.2) is 11.6 Å². The summed E-state index contributed by atoms with van der Waals surface area (Å²) in [5.74, 6) is 2.72. The molecule has 32 heavy (non-hydrogen) atoms. The zero-order valence-corrected chi connectivity index (χ0v) is 17.7. The van der Waals surface area contributed by atoms with Gasteiger partial charge in [0.2, 0.25) is 5.95 Å². The van der Waals surface area contributed by atoms with E-state index >= 15 is 0 Å². The average molecular weight is 427 g/mol. The van der Waals surface area contributed by atoms with Gasteiger partial charge in [-0.15, -0.1) is 0 Å². The zero-order valence-electron chi connectivity index (χ0n) is 17.7. The Morgan fingerprint density at radius 3 is 2.94 bits per heavy atom. The Labute approximate surface area is 184 Å². The van der Waals surface area contributed by atoms with Crippen molar-refractivity contribution >= 4 is 17.6 Å². The maximum absolute atomic E-state index is 9.34. The molecule has 5 heterocycles. The van der Waals surface area contributed by atoms with E-state index in [1.807, 2.05) is 38.1 Å². The Morgan fingerprint density at radius 1 is 1.22 bits per heavy atom. The molecule has 0 radical (unpaired) electrons. The maximum Gasteiger partial charge on any atom is 0.228 e. The van der Waals surface area contributed by atoms with Gasteiger partial charge < -0.3 is 14.7 Å². The highest BCUT2D eigenvalue weighted by molar-refractivity contribution is 5.65. The van der Waals surface area contributed by atoms with Crippen LogP contribution in [0.2, 0.25) is 0 Å². The van der Waals surface area contributed by atoms with E-state index in [0.717, 1.165) is 30.8 Å². The second-order valence-electron chi connectivity index (χ2n) is 7.73. The lowest BCUT2D eigenvalue weighted by Crippen LogP contribution is -2.25. The number of pyridine rings is 1. The monoisotopic (exact) mass is 427 g/mol. The van der Waals surface area contributed by atoms with Crippen molar-refractivity contribution in [2.45, 2.75) is 32.7 Å². The highest BCUT2D eigenvalue weighted by atomic mass is 16.5. The van der Waals surface area contributed by atoms with E-state index in [1.54, 1.807) is 12.3 Å². The third-order valence-corrected chi connectivity index (χ3v) is 5.36. The highest BCUT2D eigenvalue weighted by Gasteiger charge is 2.32. The van der Waals surface area contributed by atoms with E-state index in [-0.39, 0.29) is 6.04 Å². The lowest BCUT2D eigenvalue weighted by atomic mass is 10.1. The smallest absolute Gasteiger partial charge is 0.228 e. The number of anilines is 3. The molecule has 10 heteroatoms. The molecule has 1 fully saturated rings. The predicted octanol–water partition coefficient (Wildman–Crippen LogP) is 3.82. The molecule has 0 amide bonds. The number of nitrogens with one attached hydrogen (secondary N) is 2. The van der Waals surface area contributed by atoms with Gasteiger partial charge in [-0.3, -0.25) is 5.10 Å². The van der Waals surface area contributed by atoms with Crippen LogP contribution in [0.3, 0.4) is 0 Å². The second-order valence-corrected chi connectivity index (χ2v) is 7.73. The Kier molecular flexibility index (Phi) is 4.99. The summed E-state index contributed by atoms with van der Waals surface area (Å²) < 4.78 is 5.70. The van der Waals surface area contributed by atoms with Gasteiger partial charge in [0.1, 0.15) is 23.3 Å². The number of hydrogen-bond donors (Lipinski definition) is 2. The van der Waals surface area contributed by atoms with E-state index in [4.69, 9.17) is 9.51 Å². The van der Waals surface area contributed by atoms with Crippen molar-refractivity contribution in [2.75, 3.05) is 16.8 Å². The summed E-state index contributed by atoms with van der Waals surface area (Å²) >= 11 is 0. The minimum absolute atomic E-state index is 0.0410. The molecule has 10 nitrogen and oxygen atoms in total. The standard InChI is InChI=1S/C22H21N9O/c1-13-9-20(26-21-10-14(2)28-29-21)27-22(25-13)31-8-4-6-18(31)19-11-16(30-32-19)15-5-3-7-24-17(15)12-23/h3,5,7,9-11,18H,4,6,8H2,1-2H3,(H2,25,26,27,28,29)/t18-/m0/s1. The molecule has 0 aliphatic carbocycles. The van der Waals surface area contributed by atoms with Crippen molar-refractivity contribution in [1.82, 2.24) is 30.3 Å². The van der Waals surface area contributed by atoms with Crippen LogP contribution in [0.1, 0.15) is 41.7 Å². The first-order chi connectivity index (χ1) is 15.6. The first-order valence-electron chi connectivity index (χ1n) is 10.3. The molecule has 0 unspecified atom stereocenters. The number of rotatable bonds is 5. The van der Waals surface area contributed by atoms with Crippen LogP contribution in [0.25, 0.3) is 11.3 Å². The third-order valence-electron chi connectivity index (χ3n) is 5.36. The predicted molar refractivity (Wildman–Crippen MR) is 117 cm³/mol. The molecule has 1 aliphatic rings. The molecule has 0 aromatic carbocycles. The SMILES string of the molecule is Cc1cc(Nc2cc(C)[nH]n2)nc(N2CCC[C@H]2c2cc(-c3cccnc3C#N)no2)n1. The summed E-state index contributed by atoms with van der Waals surface area (Å²) in [6.45, 7) is 4.69. The van der Waals surface area contributed by atoms with Crippen LogP contribution in [-0.2, 0) is 0 Å². The summed E-state index contributed by atoms with van der Waals surface area (Å²) in [4.78, 5) is 15.6. The fourth-order valence-electron chi connectivity index (χ4n) is 3.93. The van der Waals surface area contributed by atoms with Crippen LogP contribution < -0.4 is 10.2 Å². The van der Waals surface area contributed by atoms with Gasteiger partial charge in [-0.25, -0.2) is 9.97 Å². The number of nitriles is 1. The summed E-state index contributed by atoms with van der Waals surface area (Å²) in [5.41, 5.74) is 3.39. The molecule has 2 N–H and O–H groups in total. The summed E-state index contributed by atoms with van der Waals surface area (Å²) in [5, 5.41) is 23.9.